The van der Waals surface area contributed by atoms with Gasteiger partial charge in [-0.1, -0.05) is 97.4 Å². The molecule has 0 fully saturated rings. The molecule has 0 aliphatic rings. The number of carbonyl (C=O) groups is 1. The molecule has 1 unspecified atom stereocenters. The number of benzene rings is 3. The van der Waals surface area contributed by atoms with Crippen molar-refractivity contribution in [3.63, 3.8) is 0 Å². The second-order valence-corrected chi connectivity index (χ2v) is 12.8. The second kappa shape index (κ2) is 13.7. The summed E-state index contributed by atoms with van der Waals surface area (Å²) in [5.74, 6) is -1.03. The number of nitrogens with zero attached hydrogens (tertiary/aromatic N) is 2. The number of unbranched alkanes of at least 4 members (excludes halogenated alkanes) is 1. The molecule has 4 aromatic rings. The summed E-state index contributed by atoms with van der Waals surface area (Å²) in [5, 5.41) is 11.9. The van der Waals surface area contributed by atoms with Gasteiger partial charge in [0.15, 0.2) is 17.4 Å². The van der Waals surface area contributed by atoms with E-state index < -0.39 is 22.7 Å². The maximum Gasteiger partial charge on any atom is 0.427 e. The van der Waals surface area contributed by atoms with Crippen LogP contribution >= 0.6 is 0 Å². The van der Waals surface area contributed by atoms with Crippen molar-refractivity contribution >= 4 is 22.7 Å². The van der Waals surface area contributed by atoms with E-state index >= 15 is 0 Å². The van der Waals surface area contributed by atoms with Gasteiger partial charge in [0.05, 0.1) is 11.0 Å². The fraction of sp³-hybridized carbons (Fsp3) is 0.444. The minimum Gasteiger partial charge on any atom is -0.482 e. The van der Waals surface area contributed by atoms with Crippen LogP contribution in [-0.4, -0.2) is 21.5 Å². The van der Waals surface area contributed by atoms with E-state index in [0.717, 1.165) is 41.0 Å². The second-order valence-electron chi connectivity index (χ2n) is 12.8. The van der Waals surface area contributed by atoms with Gasteiger partial charge >= 0.3 is 11.4 Å². The van der Waals surface area contributed by atoms with E-state index in [1.54, 1.807) is 0 Å². The Kier molecular flexibility index (Phi) is 10.2. The maximum atomic E-state index is 14.2. The summed E-state index contributed by atoms with van der Waals surface area (Å²) in [6, 6.07) is 17.8. The Morgan fingerprint density at radius 3 is 2.27 bits per heavy atom. The average Bonchev–Trinajstić information content (AvgIpc) is 3.35. The van der Waals surface area contributed by atoms with Gasteiger partial charge in [-0.05, 0) is 53.7 Å². The number of carbonyl (C=O) groups excluding carboxylic acids is 1. The van der Waals surface area contributed by atoms with Gasteiger partial charge in [0.2, 0.25) is 0 Å². The van der Waals surface area contributed by atoms with Crippen LogP contribution in [0.15, 0.2) is 69.9 Å². The van der Waals surface area contributed by atoms with E-state index in [2.05, 4.69) is 47.6 Å². The largest absolute Gasteiger partial charge is 0.482 e. The SMILES string of the molecule is CCCCC(Oc1ccc(C(C)(C)CC)cc1C(C)(C)CC)C(=O)n1c(=O)oc2cc([N+](=O)[O-])c(OCc3ccccc3)cc21. The van der Waals surface area contributed by atoms with Gasteiger partial charge in [-0.2, -0.15) is 0 Å². The molecule has 0 aliphatic carbocycles. The maximum absolute atomic E-state index is 14.2. The Morgan fingerprint density at radius 1 is 0.956 bits per heavy atom. The highest BCUT2D eigenvalue weighted by Crippen LogP contribution is 2.39. The zero-order valence-corrected chi connectivity index (χ0v) is 27.3. The van der Waals surface area contributed by atoms with Gasteiger partial charge in [0.25, 0.3) is 5.91 Å². The third kappa shape index (κ3) is 7.30. The van der Waals surface area contributed by atoms with Crippen molar-refractivity contribution in [3.05, 3.63) is 98.0 Å². The van der Waals surface area contributed by atoms with Crippen molar-refractivity contribution in [2.75, 3.05) is 0 Å². The molecule has 0 amide bonds. The molecule has 9 heteroatoms. The van der Waals surface area contributed by atoms with E-state index in [0.29, 0.717) is 18.6 Å². The highest BCUT2D eigenvalue weighted by molar-refractivity contribution is 5.93. The molecule has 9 nitrogen and oxygen atoms in total. The average molecular weight is 617 g/mol. The molecular formula is C36H44N2O7. The van der Waals surface area contributed by atoms with E-state index in [1.807, 2.05) is 49.4 Å². The molecule has 0 saturated carbocycles. The molecule has 3 aromatic carbocycles. The number of nitro groups is 1. The molecule has 1 heterocycles. The standard InChI is InChI=1S/C36H44N2O7/c1-8-11-17-30(44-29-19-18-25(35(4,5)9-2)20-26(29)36(6,7)10-3)33(39)37-27-21-31(43-23-24-15-13-12-14-16-24)28(38(41)42)22-32(27)45-34(37)40/h12-16,18-22,30H,8-11,17,23H2,1-7H3. The Balaban J connectivity index is 1.78. The van der Waals surface area contributed by atoms with E-state index in [1.165, 1.54) is 11.6 Å². The quantitative estimate of drug-likeness (QED) is 0.103. The lowest BCUT2D eigenvalue weighted by atomic mass is 9.76. The zero-order chi connectivity index (χ0) is 32.9. The Bertz CT molecular complexity index is 1720. The molecule has 0 spiro atoms. The van der Waals surface area contributed by atoms with Gasteiger partial charge < -0.3 is 13.9 Å². The van der Waals surface area contributed by atoms with Gasteiger partial charge in [-0.15, -0.1) is 0 Å². The smallest absolute Gasteiger partial charge is 0.427 e. The molecule has 1 atom stereocenters. The lowest BCUT2D eigenvalue weighted by molar-refractivity contribution is -0.385. The summed E-state index contributed by atoms with van der Waals surface area (Å²) in [5.41, 5.74) is 2.34. The van der Waals surface area contributed by atoms with Crippen LogP contribution < -0.4 is 15.2 Å². The molecule has 240 valence electrons. The first kappa shape index (κ1) is 33.5. The number of aromatic nitrogens is 1. The number of hydrogen-bond acceptors (Lipinski definition) is 7. The van der Waals surface area contributed by atoms with Crippen LogP contribution in [0.4, 0.5) is 5.69 Å². The minimum atomic E-state index is -0.997. The molecule has 0 N–H and O–H groups in total. The van der Waals surface area contributed by atoms with Crippen LogP contribution in [0.25, 0.3) is 11.1 Å². The topological polar surface area (TPSA) is 114 Å². The van der Waals surface area contributed by atoms with Crippen LogP contribution in [0.2, 0.25) is 0 Å². The van der Waals surface area contributed by atoms with Crippen LogP contribution in [-0.2, 0) is 17.4 Å². The van der Waals surface area contributed by atoms with Crippen molar-refractivity contribution in [1.82, 2.24) is 4.57 Å². The first-order valence-corrected chi connectivity index (χ1v) is 15.7. The summed E-state index contributed by atoms with van der Waals surface area (Å²) in [6.07, 6.45) is 2.68. The number of oxazole rings is 1. The Labute approximate surface area is 264 Å². The fourth-order valence-electron chi connectivity index (χ4n) is 5.13. The minimum absolute atomic E-state index is 0.0412. The Hall–Kier alpha value is -4.40. The third-order valence-corrected chi connectivity index (χ3v) is 8.94. The van der Waals surface area contributed by atoms with Crippen molar-refractivity contribution in [1.29, 1.82) is 0 Å². The summed E-state index contributed by atoms with van der Waals surface area (Å²) in [7, 11) is 0. The van der Waals surface area contributed by atoms with E-state index in [9.17, 15) is 19.7 Å². The third-order valence-electron chi connectivity index (χ3n) is 8.94. The molecule has 1 aromatic heterocycles. The molecule has 4 rings (SSSR count). The van der Waals surface area contributed by atoms with Crippen molar-refractivity contribution in [2.24, 2.45) is 0 Å². The fourth-order valence-corrected chi connectivity index (χ4v) is 5.13. The van der Waals surface area contributed by atoms with Crippen LogP contribution in [0.3, 0.4) is 0 Å². The summed E-state index contributed by atoms with van der Waals surface area (Å²) < 4.78 is 18.6. The summed E-state index contributed by atoms with van der Waals surface area (Å²) in [6.45, 7) is 15.1. The Morgan fingerprint density at radius 2 is 1.64 bits per heavy atom. The lowest BCUT2D eigenvalue weighted by Gasteiger charge is -2.31. The molecule has 0 saturated heterocycles. The predicted octanol–water partition coefficient (Wildman–Crippen LogP) is 8.73. The van der Waals surface area contributed by atoms with Gasteiger partial charge in [0.1, 0.15) is 17.9 Å². The van der Waals surface area contributed by atoms with Gasteiger partial charge in [0, 0.05) is 11.6 Å². The summed E-state index contributed by atoms with van der Waals surface area (Å²) >= 11 is 0. The van der Waals surface area contributed by atoms with Crippen molar-refractivity contribution < 1.29 is 23.6 Å². The highest BCUT2D eigenvalue weighted by Gasteiger charge is 2.32. The van der Waals surface area contributed by atoms with E-state index in [4.69, 9.17) is 13.9 Å². The number of rotatable bonds is 14. The van der Waals surface area contributed by atoms with Gasteiger partial charge in [-0.25, -0.2) is 9.36 Å². The van der Waals surface area contributed by atoms with Gasteiger partial charge in [-0.3, -0.25) is 14.9 Å². The zero-order valence-electron chi connectivity index (χ0n) is 27.3. The van der Waals surface area contributed by atoms with Crippen LogP contribution in [0.5, 0.6) is 11.5 Å². The number of hydrogen-bond donors (Lipinski definition) is 0. The lowest BCUT2D eigenvalue weighted by Crippen LogP contribution is -2.37. The number of ether oxygens (including phenoxy) is 2. The van der Waals surface area contributed by atoms with Crippen molar-refractivity contribution in [3.8, 4) is 11.5 Å². The molecule has 0 aliphatic heterocycles. The molecule has 45 heavy (non-hydrogen) atoms. The molecule has 0 bridgehead atoms. The van der Waals surface area contributed by atoms with E-state index in [-0.39, 0.29) is 40.0 Å². The van der Waals surface area contributed by atoms with Crippen LogP contribution in [0, 0.1) is 10.1 Å². The highest BCUT2D eigenvalue weighted by atomic mass is 16.6. The monoisotopic (exact) mass is 616 g/mol. The van der Waals surface area contributed by atoms with Crippen LogP contribution in [0.1, 0.15) is 102 Å². The normalized spacial score (nSPS) is 12.7. The number of fused-ring (bicyclic) bond motifs is 1. The first-order chi connectivity index (χ1) is 21.3. The molecular weight excluding hydrogens is 572 g/mol. The van der Waals surface area contributed by atoms with Crippen molar-refractivity contribution in [2.45, 2.75) is 104 Å². The summed E-state index contributed by atoms with van der Waals surface area (Å²) in [4.78, 5) is 38.6. The number of nitro benzene ring substituents is 1. The predicted molar refractivity (Wildman–Crippen MR) is 176 cm³/mol. The molecule has 0 radical (unpaired) electrons. The first-order valence-electron chi connectivity index (χ1n) is 15.7.